The summed E-state index contributed by atoms with van der Waals surface area (Å²) in [4.78, 5) is 10.0. The molecule has 0 aliphatic heterocycles. The van der Waals surface area contributed by atoms with Gasteiger partial charge >= 0.3 is 0 Å². The highest BCUT2D eigenvalue weighted by Gasteiger charge is 2.18. The first kappa shape index (κ1) is 12.4. The van der Waals surface area contributed by atoms with Gasteiger partial charge < -0.3 is 5.32 Å². The number of nitro groups is 1. The maximum atomic E-state index is 11.4. The Balaban J connectivity index is 3.35. The van der Waals surface area contributed by atoms with Gasteiger partial charge in [0.05, 0.1) is 9.82 Å². The van der Waals surface area contributed by atoms with Crippen LogP contribution in [0.25, 0.3) is 0 Å². The average molecular weight is 245 g/mol. The number of rotatable bonds is 4. The normalized spacial score (nSPS) is 11.1. The van der Waals surface area contributed by atoms with E-state index >= 15 is 0 Å². The van der Waals surface area contributed by atoms with Crippen LogP contribution in [0.15, 0.2) is 23.1 Å². The van der Waals surface area contributed by atoms with Crippen LogP contribution in [0, 0.1) is 10.1 Å². The molecule has 88 valence electrons. The monoisotopic (exact) mass is 245 g/mol. The fourth-order valence-electron chi connectivity index (χ4n) is 1.16. The van der Waals surface area contributed by atoms with Gasteiger partial charge in [0, 0.05) is 13.1 Å². The van der Waals surface area contributed by atoms with E-state index in [1.165, 1.54) is 26.2 Å². The summed E-state index contributed by atoms with van der Waals surface area (Å²) < 4.78 is 25.0. The molecule has 2 N–H and O–H groups in total. The van der Waals surface area contributed by atoms with E-state index in [0.717, 1.165) is 6.07 Å². The van der Waals surface area contributed by atoms with Crippen LogP contribution in [0.2, 0.25) is 0 Å². The highest BCUT2D eigenvalue weighted by atomic mass is 32.2. The van der Waals surface area contributed by atoms with Gasteiger partial charge in [-0.1, -0.05) is 0 Å². The molecule has 0 radical (unpaired) electrons. The summed E-state index contributed by atoms with van der Waals surface area (Å²) in [7, 11) is -0.828. The Labute approximate surface area is 92.7 Å². The minimum Gasteiger partial charge on any atom is -0.383 e. The summed E-state index contributed by atoms with van der Waals surface area (Å²) in [5.41, 5.74) is -0.0149. The Hall–Kier alpha value is -1.67. The summed E-state index contributed by atoms with van der Waals surface area (Å²) in [6.07, 6.45) is 0. The molecule has 0 unspecified atom stereocenters. The van der Waals surface area contributed by atoms with Crippen molar-refractivity contribution in [2.45, 2.75) is 4.90 Å². The largest absolute Gasteiger partial charge is 0.383 e. The first-order valence-corrected chi connectivity index (χ1v) is 5.80. The zero-order chi connectivity index (χ0) is 12.3. The average Bonchev–Trinajstić information content (AvgIpc) is 2.27. The van der Waals surface area contributed by atoms with Crippen molar-refractivity contribution in [3.63, 3.8) is 0 Å². The molecule has 7 nitrogen and oxygen atoms in total. The SMILES string of the molecule is CNc1cc(S(=O)(=O)NC)ccc1[N+](=O)[O-]. The fourth-order valence-corrected chi connectivity index (χ4v) is 1.92. The predicted octanol–water partition coefficient (Wildman–Crippen LogP) is 0.545. The molecule has 0 aromatic heterocycles. The van der Waals surface area contributed by atoms with E-state index in [-0.39, 0.29) is 16.3 Å². The maximum absolute atomic E-state index is 11.4. The van der Waals surface area contributed by atoms with Crippen LogP contribution in [-0.4, -0.2) is 27.4 Å². The molecule has 8 heteroatoms. The molecule has 1 aromatic rings. The number of hydrogen-bond acceptors (Lipinski definition) is 5. The first-order chi connectivity index (χ1) is 7.42. The van der Waals surface area contributed by atoms with Crippen molar-refractivity contribution in [2.75, 3.05) is 19.4 Å². The van der Waals surface area contributed by atoms with E-state index < -0.39 is 14.9 Å². The lowest BCUT2D eigenvalue weighted by atomic mass is 10.3. The summed E-state index contributed by atoms with van der Waals surface area (Å²) in [5, 5.41) is 13.2. The molecular weight excluding hydrogens is 234 g/mol. The molecule has 0 spiro atoms. The molecule has 1 aromatic carbocycles. The Kier molecular flexibility index (Phi) is 3.45. The third-order valence-electron chi connectivity index (χ3n) is 2.01. The standard InChI is InChI=1S/C8H11N3O4S/c1-9-7-5-6(16(14,15)10-2)3-4-8(7)11(12)13/h3-5,9-10H,1-2H3. The van der Waals surface area contributed by atoms with E-state index in [9.17, 15) is 18.5 Å². The van der Waals surface area contributed by atoms with Crippen LogP contribution in [0.1, 0.15) is 0 Å². The lowest BCUT2D eigenvalue weighted by molar-refractivity contribution is -0.384. The van der Waals surface area contributed by atoms with Gasteiger partial charge in [-0.15, -0.1) is 0 Å². The number of hydrogen-bond donors (Lipinski definition) is 2. The number of anilines is 1. The third-order valence-corrected chi connectivity index (χ3v) is 3.43. The number of nitrogens with one attached hydrogen (secondary N) is 2. The van der Waals surface area contributed by atoms with Gasteiger partial charge in [0.1, 0.15) is 5.69 Å². The van der Waals surface area contributed by atoms with Crippen molar-refractivity contribution in [1.29, 1.82) is 0 Å². The summed E-state index contributed by atoms with van der Waals surface area (Å²) >= 11 is 0. The van der Waals surface area contributed by atoms with E-state index in [4.69, 9.17) is 0 Å². The van der Waals surface area contributed by atoms with Gasteiger partial charge in [0.25, 0.3) is 5.69 Å². The molecule has 0 atom stereocenters. The molecule has 0 saturated carbocycles. The highest BCUT2D eigenvalue weighted by molar-refractivity contribution is 7.89. The minimum absolute atomic E-state index is 0.0232. The second-order valence-electron chi connectivity index (χ2n) is 2.89. The van der Waals surface area contributed by atoms with Gasteiger partial charge in [-0.25, -0.2) is 13.1 Å². The van der Waals surface area contributed by atoms with Gasteiger partial charge in [-0.2, -0.15) is 0 Å². The number of sulfonamides is 1. The predicted molar refractivity (Wildman–Crippen MR) is 58.9 cm³/mol. The molecule has 0 aliphatic carbocycles. The van der Waals surface area contributed by atoms with E-state index in [1.54, 1.807) is 0 Å². The molecule has 1 rings (SSSR count). The Bertz CT molecular complexity index is 512. The Morgan fingerprint density at radius 3 is 2.38 bits per heavy atom. The van der Waals surface area contributed by atoms with Crippen molar-refractivity contribution < 1.29 is 13.3 Å². The van der Waals surface area contributed by atoms with E-state index in [2.05, 4.69) is 10.0 Å². The second kappa shape index (κ2) is 4.45. The number of nitro benzene ring substituents is 1. The maximum Gasteiger partial charge on any atom is 0.292 e. The summed E-state index contributed by atoms with van der Waals surface area (Å²) in [5.74, 6) is 0. The zero-order valence-electron chi connectivity index (χ0n) is 8.72. The van der Waals surface area contributed by atoms with Crippen LogP contribution >= 0.6 is 0 Å². The van der Waals surface area contributed by atoms with E-state index in [0.29, 0.717) is 0 Å². The summed E-state index contributed by atoms with van der Waals surface area (Å²) in [6, 6.07) is 3.55. The molecule has 16 heavy (non-hydrogen) atoms. The van der Waals surface area contributed by atoms with Crippen molar-refractivity contribution in [3.8, 4) is 0 Å². The van der Waals surface area contributed by atoms with Gasteiger partial charge in [0.15, 0.2) is 0 Å². The fraction of sp³-hybridized carbons (Fsp3) is 0.250. The van der Waals surface area contributed by atoms with Crippen LogP contribution in [0.4, 0.5) is 11.4 Å². The topological polar surface area (TPSA) is 101 Å². The zero-order valence-corrected chi connectivity index (χ0v) is 9.54. The molecular formula is C8H11N3O4S. The minimum atomic E-state index is -3.59. The van der Waals surface area contributed by atoms with Crippen LogP contribution < -0.4 is 10.0 Å². The molecule has 0 amide bonds. The third kappa shape index (κ3) is 2.28. The van der Waals surface area contributed by atoms with Gasteiger partial charge in [0.2, 0.25) is 10.0 Å². The summed E-state index contributed by atoms with van der Waals surface area (Å²) in [6.45, 7) is 0. The van der Waals surface area contributed by atoms with Crippen molar-refractivity contribution in [2.24, 2.45) is 0 Å². The van der Waals surface area contributed by atoms with E-state index in [1.807, 2.05) is 0 Å². The molecule has 0 bridgehead atoms. The highest BCUT2D eigenvalue weighted by Crippen LogP contribution is 2.26. The van der Waals surface area contributed by atoms with Crippen molar-refractivity contribution >= 4 is 21.4 Å². The quantitative estimate of drug-likeness (QED) is 0.595. The van der Waals surface area contributed by atoms with Crippen LogP contribution in [0.3, 0.4) is 0 Å². The van der Waals surface area contributed by atoms with Crippen LogP contribution in [0.5, 0.6) is 0 Å². The molecule has 0 fully saturated rings. The van der Waals surface area contributed by atoms with Crippen molar-refractivity contribution in [1.82, 2.24) is 4.72 Å². The Morgan fingerprint density at radius 1 is 1.31 bits per heavy atom. The van der Waals surface area contributed by atoms with Gasteiger partial charge in [-0.3, -0.25) is 10.1 Å². The lowest BCUT2D eigenvalue weighted by Gasteiger charge is -2.06. The van der Waals surface area contributed by atoms with Gasteiger partial charge in [-0.05, 0) is 19.2 Å². The smallest absolute Gasteiger partial charge is 0.292 e. The van der Waals surface area contributed by atoms with Crippen molar-refractivity contribution in [3.05, 3.63) is 28.3 Å². The number of benzene rings is 1. The second-order valence-corrected chi connectivity index (χ2v) is 4.78. The Morgan fingerprint density at radius 2 is 1.94 bits per heavy atom. The van der Waals surface area contributed by atoms with Crippen LogP contribution in [-0.2, 0) is 10.0 Å². The first-order valence-electron chi connectivity index (χ1n) is 4.32. The molecule has 0 saturated heterocycles. The lowest BCUT2D eigenvalue weighted by Crippen LogP contribution is -2.18. The molecule has 0 heterocycles. The molecule has 0 aliphatic rings. The number of nitrogens with zero attached hydrogens (tertiary/aromatic N) is 1.